The number of carbonyl (C=O) groups is 1. The van der Waals surface area contributed by atoms with Crippen molar-refractivity contribution in [3.8, 4) is 0 Å². The molecule has 0 radical (unpaired) electrons. The van der Waals surface area contributed by atoms with Gasteiger partial charge in [0.25, 0.3) is 0 Å². The van der Waals surface area contributed by atoms with Gasteiger partial charge in [0.15, 0.2) is 5.78 Å². The number of Topliss-reactive ketones (excluding diaryl/α,β-unsaturated/α-hetero) is 1. The first-order chi connectivity index (χ1) is 7.92. The van der Waals surface area contributed by atoms with Crippen LogP contribution in [-0.2, 0) is 16.8 Å². The number of fused-ring (bicyclic) bond motifs is 1. The first kappa shape index (κ1) is 12.3. The predicted octanol–water partition coefficient (Wildman–Crippen LogP) is 2.66. The topological polar surface area (TPSA) is 29.1 Å². The number of benzene rings is 1. The van der Waals surface area contributed by atoms with E-state index < -0.39 is 0 Å². The Morgan fingerprint density at radius 2 is 2.00 bits per heavy atom. The number of hydrogen-bond acceptors (Lipinski definition) is 2. The van der Waals surface area contributed by atoms with Crippen molar-refractivity contribution in [1.29, 1.82) is 0 Å². The van der Waals surface area contributed by atoms with Crippen LogP contribution in [0.5, 0.6) is 0 Å². The van der Waals surface area contributed by atoms with Gasteiger partial charge in [-0.25, -0.2) is 0 Å². The Hall–Kier alpha value is -1.15. The van der Waals surface area contributed by atoms with E-state index in [4.69, 9.17) is 0 Å². The fourth-order valence-electron chi connectivity index (χ4n) is 2.67. The van der Waals surface area contributed by atoms with Crippen molar-refractivity contribution in [2.45, 2.75) is 45.7 Å². The lowest BCUT2D eigenvalue weighted by Gasteiger charge is -2.39. The van der Waals surface area contributed by atoms with Gasteiger partial charge in [0, 0.05) is 11.5 Å². The Balaban J connectivity index is 2.34. The van der Waals surface area contributed by atoms with Crippen LogP contribution < -0.4 is 5.32 Å². The standard InChI is InChI=1S/C15H21NO/c1-10(2)14(17)13-9-11-7-5-6-8-12(11)15(3,4)16-13/h5-8,10,13,16H,9H2,1-4H3. The highest BCUT2D eigenvalue weighted by molar-refractivity contribution is 5.86. The summed E-state index contributed by atoms with van der Waals surface area (Å²) >= 11 is 0. The zero-order valence-corrected chi connectivity index (χ0v) is 11.1. The zero-order chi connectivity index (χ0) is 12.6. The first-order valence-electron chi connectivity index (χ1n) is 6.31. The average molecular weight is 231 g/mol. The maximum Gasteiger partial charge on any atom is 0.152 e. The number of rotatable bonds is 2. The summed E-state index contributed by atoms with van der Waals surface area (Å²) in [5.41, 5.74) is 2.49. The summed E-state index contributed by atoms with van der Waals surface area (Å²) in [4.78, 5) is 12.1. The highest BCUT2D eigenvalue weighted by Gasteiger charge is 2.35. The van der Waals surface area contributed by atoms with E-state index in [0.29, 0.717) is 5.78 Å². The molecule has 0 fully saturated rings. The van der Waals surface area contributed by atoms with Crippen molar-refractivity contribution in [1.82, 2.24) is 5.32 Å². The molecule has 0 aliphatic carbocycles. The molecule has 0 amide bonds. The normalized spacial score (nSPS) is 22.3. The Morgan fingerprint density at radius 1 is 1.35 bits per heavy atom. The van der Waals surface area contributed by atoms with Crippen LogP contribution >= 0.6 is 0 Å². The summed E-state index contributed by atoms with van der Waals surface area (Å²) < 4.78 is 0. The molecule has 0 saturated carbocycles. The Bertz CT molecular complexity index is 434. The molecular formula is C15H21NO. The summed E-state index contributed by atoms with van der Waals surface area (Å²) in [5, 5.41) is 3.48. The quantitative estimate of drug-likeness (QED) is 0.848. The predicted molar refractivity (Wildman–Crippen MR) is 69.9 cm³/mol. The number of carbonyl (C=O) groups excluding carboxylic acids is 1. The third kappa shape index (κ3) is 2.27. The lowest BCUT2D eigenvalue weighted by molar-refractivity contribution is -0.124. The summed E-state index contributed by atoms with van der Waals surface area (Å²) in [6, 6.07) is 8.36. The van der Waals surface area contributed by atoms with Crippen LogP contribution in [-0.4, -0.2) is 11.8 Å². The van der Waals surface area contributed by atoms with Gasteiger partial charge in [-0.2, -0.15) is 0 Å². The molecule has 1 atom stereocenters. The molecule has 0 bridgehead atoms. The molecule has 0 spiro atoms. The lowest BCUT2D eigenvalue weighted by atomic mass is 9.80. The third-order valence-corrected chi connectivity index (χ3v) is 3.56. The molecule has 0 aromatic heterocycles. The van der Waals surface area contributed by atoms with Crippen molar-refractivity contribution in [2.75, 3.05) is 0 Å². The zero-order valence-electron chi connectivity index (χ0n) is 11.1. The van der Waals surface area contributed by atoms with E-state index in [2.05, 4.69) is 43.4 Å². The van der Waals surface area contributed by atoms with Gasteiger partial charge in [-0.1, -0.05) is 38.1 Å². The van der Waals surface area contributed by atoms with Crippen LogP contribution in [0.4, 0.5) is 0 Å². The molecule has 1 aromatic carbocycles. The third-order valence-electron chi connectivity index (χ3n) is 3.56. The molecular weight excluding hydrogens is 210 g/mol. The fourth-order valence-corrected chi connectivity index (χ4v) is 2.67. The van der Waals surface area contributed by atoms with Crippen LogP contribution in [0.15, 0.2) is 24.3 Å². The van der Waals surface area contributed by atoms with Crippen molar-refractivity contribution >= 4 is 5.78 Å². The minimum Gasteiger partial charge on any atom is -0.298 e. The van der Waals surface area contributed by atoms with Crippen LogP contribution in [0.3, 0.4) is 0 Å². The van der Waals surface area contributed by atoms with Gasteiger partial charge >= 0.3 is 0 Å². The highest BCUT2D eigenvalue weighted by atomic mass is 16.1. The second-order valence-corrected chi connectivity index (χ2v) is 5.74. The van der Waals surface area contributed by atoms with E-state index in [1.54, 1.807) is 0 Å². The lowest BCUT2D eigenvalue weighted by Crippen LogP contribution is -2.53. The number of ketones is 1. The second-order valence-electron chi connectivity index (χ2n) is 5.74. The van der Waals surface area contributed by atoms with E-state index in [0.717, 1.165) is 6.42 Å². The van der Waals surface area contributed by atoms with Crippen LogP contribution in [0.1, 0.15) is 38.8 Å². The van der Waals surface area contributed by atoms with Crippen LogP contribution in [0.2, 0.25) is 0 Å². The maximum absolute atomic E-state index is 12.1. The number of hydrogen-bond donors (Lipinski definition) is 1. The van der Waals surface area contributed by atoms with E-state index in [1.807, 2.05) is 13.8 Å². The molecule has 1 N–H and O–H groups in total. The SMILES string of the molecule is CC(C)C(=O)C1Cc2ccccc2C(C)(C)N1. The summed E-state index contributed by atoms with van der Waals surface area (Å²) in [6.45, 7) is 8.23. The van der Waals surface area contributed by atoms with Gasteiger partial charge in [0.2, 0.25) is 0 Å². The van der Waals surface area contributed by atoms with E-state index in [1.165, 1.54) is 11.1 Å². The highest BCUT2D eigenvalue weighted by Crippen LogP contribution is 2.30. The summed E-state index contributed by atoms with van der Waals surface area (Å²) in [5.74, 6) is 0.404. The Morgan fingerprint density at radius 3 is 2.65 bits per heavy atom. The summed E-state index contributed by atoms with van der Waals surface area (Å²) in [7, 11) is 0. The number of nitrogens with one attached hydrogen (secondary N) is 1. The van der Waals surface area contributed by atoms with Crippen LogP contribution in [0, 0.1) is 5.92 Å². The average Bonchev–Trinajstić information content (AvgIpc) is 2.27. The van der Waals surface area contributed by atoms with E-state index >= 15 is 0 Å². The molecule has 92 valence electrons. The largest absolute Gasteiger partial charge is 0.298 e. The second kappa shape index (κ2) is 4.26. The monoisotopic (exact) mass is 231 g/mol. The van der Waals surface area contributed by atoms with Crippen molar-refractivity contribution < 1.29 is 4.79 Å². The van der Waals surface area contributed by atoms with Gasteiger partial charge in [0.1, 0.15) is 0 Å². The fraction of sp³-hybridized carbons (Fsp3) is 0.533. The van der Waals surface area contributed by atoms with Gasteiger partial charge in [0.05, 0.1) is 6.04 Å². The van der Waals surface area contributed by atoms with E-state index in [-0.39, 0.29) is 17.5 Å². The molecule has 1 aromatic rings. The first-order valence-corrected chi connectivity index (χ1v) is 6.31. The molecule has 1 heterocycles. The molecule has 2 rings (SSSR count). The summed E-state index contributed by atoms with van der Waals surface area (Å²) in [6.07, 6.45) is 0.816. The van der Waals surface area contributed by atoms with Gasteiger partial charge in [-0.05, 0) is 31.4 Å². The van der Waals surface area contributed by atoms with E-state index in [9.17, 15) is 4.79 Å². The minimum absolute atomic E-state index is 0.0418. The van der Waals surface area contributed by atoms with Crippen molar-refractivity contribution in [3.63, 3.8) is 0 Å². The van der Waals surface area contributed by atoms with Crippen molar-refractivity contribution in [2.24, 2.45) is 5.92 Å². The minimum atomic E-state index is -0.121. The van der Waals surface area contributed by atoms with Gasteiger partial charge in [-0.15, -0.1) is 0 Å². The Labute approximate surface area is 103 Å². The molecule has 1 unspecified atom stereocenters. The molecule has 0 saturated heterocycles. The molecule has 17 heavy (non-hydrogen) atoms. The molecule has 1 aliphatic heterocycles. The van der Waals surface area contributed by atoms with Gasteiger partial charge < -0.3 is 0 Å². The molecule has 2 nitrogen and oxygen atoms in total. The molecule has 2 heteroatoms. The van der Waals surface area contributed by atoms with Crippen LogP contribution in [0.25, 0.3) is 0 Å². The van der Waals surface area contributed by atoms with Crippen molar-refractivity contribution in [3.05, 3.63) is 35.4 Å². The maximum atomic E-state index is 12.1. The smallest absolute Gasteiger partial charge is 0.152 e. The molecule has 1 aliphatic rings. The Kier molecular flexibility index (Phi) is 3.09. The van der Waals surface area contributed by atoms with Gasteiger partial charge in [-0.3, -0.25) is 10.1 Å².